The molecule has 0 bridgehead atoms. The molecule has 4 aliphatic rings. The molecule has 1 unspecified atom stereocenters. The van der Waals surface area contributed by atoms with Crippen molar-refractivity contribution in [1.82, 2.24) is 4.90 Å². The minimum Gasteiger partial charge on any atom is -0.465 e. The summed E-state index contributed by atoms with van der Waals surface area (Å²) in [5.41, 5.74) is -1.79. The van der Waals surface area contributed by atoms with E-state index in [-0.39, 0.29) is 38.1 Å². The molecule has 2 aromatic rings. The summed E-state index contributed by atoms with van der Waals surface area (Å²) in [6, 6.07) is 12.7. The van der Waals surface area contributed by atoms with Crippen LogP contribution in [0.3, 0.4) is 0 Å². The number of carbonyl (C=O) groups excluding carboxylic acids is 3. The van der Waals surface area contributed by atoms with Crippen LogP contribution >= 0.6 is 0 Å². The number of esters is 1. The van der Waals surface area contributed by atoms with Gasteiger partial charge in [-0.3, -0.25) is 14.4 Å². The van der Waals surface area contributed by atoms with Gasteiger partial charge in [-0.25, -0.2) is 0 Å². The number of likely N-dealkylation sites (tertiary alicyclic amines) is 1. The van der Waals surface area contributed by atoms with Crippen molar-refractivity contribution in [3.05, 3.63) is 66.8 Å². The van der Waals surface area contributed by atoms with Crippen LogP contribution in [0.4, 0.5) is 5.69 Å². The zero-order chi connectivity index (χ0) is 26.5. The molecule has 0 saturated carbocycles. The Morgan fingerprint density at radius 1 is 0.974 bits per heavy atom. The van der Waals surface area contributed by atoms with Gasteiger partial charge in [0.2, 0.25) is 5.91 Å². The number of allylic oxidation sites excluding steroid dienone is 1. The Balaban J connectivity index is 1.46. The Morgan fingerprint density at radius 3 is 2.61 bits per heavy atom. The van der Waals surface area contributed by atoms with E-state index in [4.69, 9.17) is 9.47 Å². The molecule has 38 heavy (non-hydrogen) atoms. The molecule has 2 fully saturated rings. The fourth-order valence-corrected chi connectivity index (χ4v) is 6.72. The van der Waals surface area contributed by atoms with Crippen LogP contribution in [-0.2, 0) is 23.9 Å². The fourth-order valence-electron chi connectivity index (χ4n) is 6.72. The van der Waals surface area contributed by atoms with Gasteiger partial charge in [-0.1, -0.05) is 54.6 Å². The first-order valence-corrected chi connectivity index (χ1v) is 13.3. The molecule has 8 heteroatoms. The predicted molar refractivity (Wildman–Crippen MR) is 141 cm³/mol. The SMILES string of the molecule is C[C@@]12/C=C\CCCCOC(=O)[C@@H]1[C@H]1C(=O)N(CCO)C3C(=O)N(c4ccc5ccccc5c4)CC=C[C@@]31O2. The summed E-state index contributed by atoms with van der Waals surface area (Å²) in [5.74, 6) is -3.04. The number of aliphatic hydroxyl groups is 1. The lowest BCUT2D eigenvalue weighted by atomic mass is 9.74. The number of aliphatic hydroxyl groups excluding tert-OH is 1. The number of fused-ring (bicyclic) bond motifs is 3. The van der Waals surface area contributed by atoms with Crippen LogP contribution in [0.25, 0.3) is 10.8 Å². The van der Waals surface area contributed by atoms with Gasteiger partial charge in [0.05, 0.1) is 24.7 Å². The molecule has 0 aliphatic carbocycles. The monoisotopic (exact) mass is 516 g/mol. The van der Waals surface area contributed by atoms with E-state index in [0.29, 0.717) is 5.69 Å². The molecule has 0 aromatic heterocycles. The van der Waals surface area contributed by atoms with Crippen LogP contribution in [-0.4, -0.2) is 71.3 Å². The van der Waals surface area contributed by atoms with Crippen molar-refractivity contribution in [2.75, 3.05) is 31.2 Å². The second kappa shape index (κ2) is 9.36. The standard InChI is InChI=1S/C30H32N2O6/c1-29-13-6-2-3-7-18-37-28(36)24(29)23-26(34)32(16-17-33)25-27(35)31(15-8-14-30(23,25)38-29)22-12-11-20-9-4-5-10-21(20)19-22/h4-6,8-14,19,23-25,33H,2-3,7,15-18H2,1H3/b13-6-/t23-,24-,25?,29+,30-/m0/s1. The van der Waals surface area contributed by atoms with E-state index >= 15 is 0 Å². The third kappa shape index (κ3) is 3.69. The van der Waals surface area contributed by atoms with E-state index in [2.05, 4.69) is 0 Å². The number of β-amino-alcohol motifs (C(OH)–C–C–N with tert-alkyl or cyclic N) is 1. The molecule has 198 valence electrons. The van der Waals surface area contributed by atoms with E-state index in [1.54, 1.807) is 17.9 Å². The molecular formula is C30H32N2O6. The zero-order valence-corrected chi connectivity index (χ0v) is 21.4. The van der Waals surface area contributed by atoms with Gasteiger partial charge in [-0.05, 0) is 49.1 Å². The van der Waals surface area contributed by atoms with Crippen LogP contribution in [0.15, 0.2) is 66.8 Å². The lowest BCUT2D eigenvalue weighted by Crippen LogP contribution is -2.56. The smallest absolute Gasteiger partial charge is 0.313 e. The van der Waals surface area contributed by atoms with Crippen LogP contribution in [0.1, 0.15) is 26.2 Å². The van der Waals surface area contributed by atoms with Crippen LogP contribution in [0.2, 0.25) is 0 Å². The molecule has 6 rings (SSSR count). The molecule has 2 amide bonds. The average Bonchev–Trinajstić information content (AvgIpc) is 3.23. The molecule has 1 spiro atoms. The normalized spacial score (nSPS) is 33.9. The average molecular weight is 517 g/mol. The van der Waals surface area contributed by atoms with Crippen LogP contribution in [0.5, 0.6) is 0 Å². The van der Waals surface area contributed by atoms with Crippen molar-refractivity contribution in [1.29, 1.82) is 0 Å². The van der Waals surface area contributed by atoms with Gasteiger partial charge >= 0.3 is 5.97 Å². The van der Waals surface area contributed by atoms with Gasteiger partial charge in [0, 0.05) is 18.8 Å². The number of benzene rings is 2. The van der Waals surface area contributed by atoms with Crippen LogP contribution < -0.4 is 4.90 Å². The highest BCUT2D eigenvalue weighted by Crippen LogP contribution is 2.57. The quantitative estimate of drug-likeness (QED) is 0.498. The Labute approximate surface area is 221 Å². The van der Waals surface area contributed by atoms with Gasteiger partial charge in [0.25, 0.3) is 5.91 Å². The number of nitrogens with zero attached hydrogens (tertiary/aromatic N) is 2. The highest BCUT2D eigenvalue weighted by Gasteiger charge is 2.74. The summed E-state index contributed by atoms with van der Waals surface area (Å²) in [7, 11) is 0. The number of ether oxygens (including phenoxy) is 2. The van der Waals surface area contributed by atoms with Gasteiger partial charge in [-0.2, -0.15) is 0 Å². The van der Waals surface area contributed by atoms with Crippen molar-refractivity contribution in [2.45, 2.75) is 43.4 Å². The molecule has 8 nitrogen and oxygen atoms in total. The van der Waals surface area contributed by atoms with E-state index < -0.39 is 35.0 Å². The van der Waals surface area contributed by atoms with Gasteiger partial charge in [-0.15, -0.1) is 0 Å². The number of cyclic esters (lactones) is 1. The lowest BCUT2D eigenvalue weighted by molar-refractivity contribution is -0.158. The molecule has 2 saturated heterocycles. The number of rotatable bonds is 3. The van der Waals surface area contributed by atoms with E-state index in [9.17, 15) is 19.5 Å². The summed E-state index contributed by atoms with van der Waals surface area (Å²) in [5, 5.41) is 11.9. The summed E-state index contributed by atoms with van der Waals surface area (Å²) in [4.78, 5) is 44.9. The number of carbonyl (C=O) groups is 3. The maximum absolute atomic E-state index is 14.4. The summed E-state index contributed by atoms with van der Waals surface area (Å²) in [6.45, 7) is 2.01. The fraction of sp³-hybridized carbons (Fsp3) is 0.433. The highest BCUT2D eigenvalue weighted by molar-refractivity contribution is 6.06. The van der Waals surface area contributed by atoms with Crippen molar-refractivity contribution in [2.24, 2.45) is 11.8 Å². The van der Waals surface area contributed by atoms with Gasteiger partial charge in [0.1, 0.15) is 17.6 Å². The molecule has 5 atom stereocenters. The topological polar surface area (TPSA) is 96.4 Å². The largest absolute Gasteiger partial charge is 0.465 e. The van der Waals surface area contributed by atoms with Crippen molar-refractivity contribution in [3.63, 3.8) is 0 Å². The Bertz CT molecular complexity index is 1350. The molecule has 1 N–H and O–H groups in total. The highest BCUT2D eigenvalue weighted by atomic mass is 16.6. The summed E-state index contributed by atoms with van der Waals surface area (Å²) in [6.07, 6.45) is 9.94. The summed E-state index contributed by atoms with van der Waals surface area (Å²) >= 11 is 0. The molecular weight excluding hydrogens is 484 g/mol. The summed E-state index contributed by atoms with van der Waals surface area (Å²) < 4.78 is 12.4. The van der Waals surface area contributed by atoms with Crippen molar-refractivity contribution < 1.29 is 29.0 Å². The minimum atomic E-state index is -1.37. The Kier molecular flexibility index (Phi) is 6.12. The number of anilines is 1. The molecule has 4 heterocycles. The van der Waals surface area contributed by atoms with Gasteiger partial charge in [0.15, 0.2) is 0 Å². The Hall–Kier alpha value is -3.49. The first-order valence-electron chi connectivity index (χ1n) is 13.3. The molecule has 0 radical (unpaired) electrons. The molecule has 4 aliphatic heterocycles. The van der Waals surface area contributed by atoms with E-state index in [1.807, 2.05) is 60.7 Å². The maximum Gasteiger partial charge on any atom is 0.313 e. The van der Waals surface area contributed by atoms with E-state index in [1.165, 1.54) is 4.90 Å². The van der Waals surface area contributed by atoms with Crippen molar-refractivity contribution >= 4 is 34.2 Å². The predicted octanol–water partition coefficient (Wildman–Crippen LogP) is 2.99. The second-order valence-electron chi connectivity index (χ2n) is 10.7. The third-order valence-corrected chi connectivity index (χ3v) is 8.39. The number of amides is 2. The Morgan fingerprint density at radius 2 is 1.79 bits per heavy atom. The number of hydrogen-bond acceptors (Lipinski definition) is 6. The lowest BCUT2D eigenvalue weighted by Gasteiger charge is -2.37. The molecule has 2 aromatic carbocycles. The zero-order valence-electron chi connectivity index (χ0n) is 21.4. The first-order chi connectivity index (χ1) is 18.4. The van der Waals surface area contributed by atoms with E-state index in [0.717, 1.165) is 30.0 Å². The maximum atomic E-state index is 14.4. The first kappa shape index (κ1) is 24.8. The minimum absolute atomic E-state index is 0.0371. The van der Waals surface area contributed by atoms with Crippen molar-refractivity contribution in [3.8, 4) is 0 Å². The second-order valence-corrected chi connectivity index (χ2v) is 10.7. The third-order valence-electron chi connectivity index (χ3n) is 8.39. The van der Waals surface area contributed by atoms with Crippen LogP contribution in [0, 0.1) is 11.8 Å². The number of hydrogen-bond donors (Lipinski definition) is 1. The van der Waals surface area contributed by atoms with Gasteiger partial charge < -0.3 is 24.4 Å².